The molecule has 0 aromatic carbocycles. The smallest absolute Gasteiger partial charge is 0.184 e. The first-order valence-corrected chi connectivity index (χ1v) is 6.96. The van der Waals surface area contributed by atoms with Crippen LogP contribution in [0, 0.1) is 5.92 Å². The second kappa shape index (κ2) is 5.52. The lowest BCUT2D eigenvalue weighted by Gasteiger charge is -2.05. The summed E-state index contributed by atoms with van der Waals surface area (Å²) in [6, 6.07) is 1.95. The Kier molecular flexibility index (Phi) is 4.94. The van der Waals surface area contributed by atoms with Crippen LogP contribution in [0.5, 0.6) is 0 Å². The maximum absolute atomic E-state index is 5.47. The van der Waals surface area contributed by atoms with Crippen molar-refractivity contribution in [2.75, 3.05) is 5.33 Å². The van der Waals surface area contributed by atoms with Crippen LogP contribution in [0.2, 0.25) is 0 Å². The van der Waals surface area contributed by atoms with E-state index in [9.17, 15) is 0 Å². The molecule has 0 atom stereocenters. The van der Waals surface area contributed by atoms with Gasteiger partial charge in [-0.2, -0.15) is 0 Å². The van der Waals surface area contributed by atoms with Crippen LogP contribution >= 0.6 is 47.8 Å². The van der Waals surface area contributed by atoms with E-state index in [2.05, 4.69) is 67.7 Å². The van der Waals surface area contributed by atoms with Gasteiger partial charge in [-0.25, -0.2) is 0 Å². The van der Waals surface area contributed by atoms with Gasteiger partial charge in [-0.05, 0) is 49.9 Å². The summed E-state index contributed by atoms with van der Waals surface area (Å²) in [6.45, 7) is 4.33. The highest BCUT2D eigenvalue weighted by molar-refractivity contribution is 9.13. The Hall–Kier alpha value is 0.460. The van der Waals surface area contributed by atoms with Gasteiger partial charge in [-0.1, -0.05) is 35.4 Å². The van der Waals surface area contributed by atoms with Crippen molar-refractivity contribution in [3.05, 3.63) is 26.5 Å². The average molecular weight is 387 g/mol. The van der Waals surface area contributed by atoms with Gasteiger partial charge in [-0.15, -0.1) is 0 Å². The van der Waals surface area contributed by atoms with Crippen molar-refractivity contribution in [3.8, 4) is 0 Å². The molecule has 0 aliphatic rings. The normalized spacial score (nSPS) is 12.6. The van der Waals surface area contributed by atoms with Crippen LogP contribution in [-0.4, -0.2) is 5.33 Å². The maximum Gasteiger partial charge on any atom is 0.184 e. The summed E-state index contributed by atoms with van der Waals surface area (Å²) in [5, 5.41) is 0.876. The number of halogens is 3. The topological polar surface area (TPSA) is 13.1 Å². The van der Waals surface area contributed by atoms with E-state index < -0.39 is 0 Å². The SMILES string of the molecule is CC(C)C(=Cc1cc(Br)c(Br)o1)CBr. The predicted octanol–water partition coefficient (Wildman–Crippen LogP) is 5.24. The van der Waals surface area contributed by atoms with Crippen LogP contribution in [-0.2, 0) is 0 Å². The first kappa shape index (κ1) is 12.5. The van der Waals surface area contributed by atoms with Crippen LogP contribution in [0.4, 0.5) is 0 Å². The molecule has 0 amide bonds. The highest BCUT2D eigenvalue weighted by Gasteiger charge is 2.06. The van der Waals surface area contributed by atoms with E-state index in [-0.39, 0.29) is 0 Å². The third kappa shape index (κ3) is 3.24. The minimum Gasteiger partial charge on any atom is -0.449 e. The molecule has 1 nitrogen and oxygen atoms in total. The summed E-state index contributed by atoms with van der Waals surface area (Å²) >= 11 is 10.2. The second-order valence-electron chi connectivity index (χ2n) is 3.28. The van der Waals surface area contributed by atoms with Gasteiger partial charge in [0.25, 0.3) is 0 Å². The highest BCUT2D eigenvalue weighted by Crippen LogP contribution is 2.28. The minimum absolute atomic E-state index is 0.525. The second-order valence-corrected chi connectivity index (χ2v) is 5.41. The Bertz CT molecular complexity index is 320. The fourth-order valence-corrected chi connectivity index (χ4v) is 2.39. The van der Waals surface area contributed by atoms with Gasteiger partial charge in [0, 0.05) is 5.33 Å². The van der Waals surface area contributed by atoms with Crippen molar-refractivity contribution in [2.24, 2.45) is 5.92 Å². The van der Waals surface area contributed by atoms with Gasteiger partial charge in [0.1, 0.15) is 5.76 Å². The van der Waals surface area contributed by atoms with E-state index in [0.29, 0.717) is 5.92 Å². The summed E-state index contributed by atoms with van der Waals surface area (Å²) in [4.78, 5) is 0. The fraction of sp³-hybridized carbons (Fsp3) is 0.400. The molecule has 4 heteroatoms. The van der Waals surface area contributed by atoms with Crippen molar-refractivity contribution >= 4 is 53.9 Å². The molecule has 0 aliphatic heterocycles. The van der Waals surface area contributed by atoms with Gasteiger partial charge in [-0.3, -0.25) is 0 Å². The number of hydrogen-bond donors (Lipinski definition) is 0. The van der Waals surface area contributed by atoms with E-state index in [1.54, 1.807) is 0 Å². The van der Waals surface area contributed by atoms with E-state index in [0.717, 1.165) is 20.2 Å². The average Bonchev–Trinajstić information content (AvgIpc) is 2.41. The Balaban J connectivity index is 2.94. The Morgan fingerprint density at radius 1 is 1.50 bits per heavy atom. The number of rotatable bonds is 3. The first-order valence-electron chi connectivity index (χ1n) is 4.26. The molecule has 1 aromatic heterocycles. The summed E-state index contributed by atoms with van der Waals surface area (Å²) in [6.07, 6.45) is 2.06. The van der Waals surface area contributed by atoms with Crippen molar-refractivity contribution in [3.63, 3.8) is 0 Å². The van der Waals surface area contributed by atoms with E-state index in [1.165, 1.54) is 5.57 Å². The van der Waals surface area contributed by atoms with E-state index in [4.69, 9.17) is 4.42 Å². The molecule has 0 bridgehead atoms. The minimum atomic E-state index is 0.525. The van der Waals surface area contributed by atoms with Crippen molar-refractivity contribution in [1.82, 2.24) is 0 Å². The van der Waals surface area contributed by atoms with E-state index >= 15 is 0 Å². The third-order valence-electron chi connectivity index (χ3n) is 1.89. The third-order valence-corrected chi connectivity index (χ3v) is 4.25. The summed E-state index contributed by atoms with van der Waals surface area (Å²) in [5.41, 5.74) is 1.32. The highest BCUT2D eigenvalue weighted by atomic mass is 79.9. The zero-order valence-electron chi connectivity index (χ0n) is 7.98. The summed E-state index contributed by atoms with van der Waals surface area (Å²) in [5.74, 6) is 1.39. The largest absolute Gasteiger partial charge is 0.449 e. The van der Waals surface area contributed by atoms with Crippen LogP contribution in [0.3, 0.4) is 0 Å². The lowest BCUT2D eigenvalue weighted by molar-refractivity contribution is 0.529. The fourth-order valence-electron chi connectivity index (χ4n) is 0.977. The molecule has 1 aromatic rings. The molecule has 0 N–H and O–H groups in total. The molecular formula is C10H11Br3O. The molecule has 78 valence electrons. The number of hydrogen-bond acceptors (Lipinski definition) is 1. The molecule has 1 heterocycles. The van der Waals surface area contributed by atoms with Crippen molar-refractivity contribution in [2.45, 2.75) is 13.8 Å². The van der Waals surface area contributed by atoms with Crippen LogP contribution in [0.15, 0.2) is 25.2 Å². The van der Waals surface area contributed by atoms with Crippen LogP contribution < -0.4 is 0 Å². The first-order chi connectivity index (χ1) is 6.54. The molecule has 0 aliphatic carbocycles. The molecule has 0 saturated carbocycles. The number of furan rings is 1. The monoisotopic (exact) mass is 384 g/mol. The Morgan fingerprint density at radius 2 is 2.14 bits per heavy atom. The lowest BCUT2D eigenvalue weighted by Crippen LogP contribution is -1.94. The quantitative estimate of drug-likeness (QED) is 0.647. The van der Waals surface area contributed by atoms with Gasteiger partial charge in [0.15, 0.2) is 4.67 Å². The number of alkyl halides is 1. The Morgan fingerprint density at radius 3 is 2.50 bits per heavy atom. The van der Waals surface area contributed by atoms with Gasteiger partial charge < -0.3 is 4.42 Å². The zero-order chi connectivity index (χ0) is 10.7. The standard InChI is InChI=1S/C10H11Br3O/c1-6(2)7(5-11)3-8-4-9(12)10(13)14-8/h3-4,6H,5H2,1-2H3. The molecule has 0 saturated heterocycles. The molecule has 0 spiro atoms. The van der Waals surface area contributed by atoms with Gasteiger partial charge in [0.05, 0.1) is 4.47 Å². The van der Waals surface area contributed by atoms with E-state index in [1.807, 2.05) is 6.07 Å². The Labute approximate surface area is 109 Å². The molecule has 0 fully saturated rings. The summed E-state index contributed by atoms with van der Waals surface area (Å²) < 4.78 is 7.15. The van der Waals surface area contributed by atoms with Crippen LogP contribution in [0.25, 0.3) is 6.08 Å². The summed E-state index contributed by atoms with van der Waals surface area (Å²) in [7, 11) is 0. The van der Waals surface area contributed by atoms with Crippen molar-refractivity contribution in [1.29, 1.82) is 0 Å². The zero-order valence-corrected chi connectivity index (χ0v) is 12.7. The van der Waals surface area contributed by atoms with Gasteiger partial charge in [0.2, 0.25) is 0 Å². The molecule has 0 radical (unpaired) electrons. The molecule has 1 rings (SSSR count). The molecule has 14 heavy (non-hydrogen) atoms. The molecular weight excluding hydrogens is 376 g/mol. The molecule has 0 unspecified atom stereocenters. The van der Waals surface area contributed by atoms with Crippen molar-refractivity contribution < 1.29 is 4.42 Å². The number of allylic oxidation sites excluding steroid dienone is 1. The lowest BCUT2D eigenvalue weighted by atomic mass is 10.0. The van der Waals surface area contributed by atoms with Gasteiger partial charge >= 0.3 is 0 Å². The van der Waals surface area contributed by atoms with Crippen LogP contribution in [0.1, 0.15) is 19.6 Å². The maximum atomic E-state index is 5.47. The predicted molar refractivity (Wildman–Crippen MR) is 70.7 cm³/mol.